The van der Waals surface area contributed by atoms with Crippen LogP contribution in [-0.2, 0) is 11.4 Å². The number of ketones is 1. The number of nitrogens with zero attached hydrogens (tertiary/aromatic N) is 1. The van der Waals surface area contributed by atoms with Crippen LogP contribution in [0.5, 0.6) is 11.5 Å². The topological polar surface area (TPSA) is 72.9 Å². The zero-order valence-corrected chi connectivity index (χ0v) is 21.7. The third kappa shape index (κ3) is 5.96. The highest BCUT2D eigenvalue weighted by Crippen LogP contribution is 2.35. The molecule has 1 saturated heterocycles. The van der Waals surface area contributed by atoms with E-state index in [0.29, 0.717) is 27.6 Å². The minimum Gasteiger partial charge on any atom is -0.493 e. The molecule has 0 radical (unpaired) electrons. The van der Waals surface area contributed by atoms with Crippen LogP contribution in [0.2, 0.25) is 5.02 Å². The number of amides is 2. The van der Waals surface area contributed by atoms with Crippen LogP contribution < -0.4 is 9.47 Å². The highest BCUT2D eigenvalue weighted by Gasteiger charge is 2.36. The van der Waals surface area contributed by atoms with Crippen molar-refractivity contribution < 1.29 is 23.9 Å². The first-order chi connectivity index (χ1) is 16.9. The Hall–Kier alpha value is -3.07. The van der Waals surface area contributed by atoms with Gasteiger partial charge in [0, 0.05) is 20.6 Å². The van der Waals surface area contributed by atoms with Crippen molar-refractivity contribution in [2.75, 3.05) is 13.7 Å². The van der Waals surface area contributed by atoms with E-state index in [4.69, 9.17) is 21.1 Å². The summed E-state index contributed by atoms with van der Waals surface area (Å²) < 4.78 is 12.1. The van der Waals surface area contributed by atoms with E-state index in [1.165, 1.54) is 7.11 Å². The summed E-state index contributed by atoms with van der Waals surface area (Å²) in [6.07, 6.45) is 1.59. The Morgan fingerprint density at radius 2 is 1.80 bits per heavy atom. The van der Waals surface area contributed by atoms with Crippen LogP contribution >= 0.6 is 39.3 Å². The fourth-order valence-electron chi connectivity index (χ4n) is 3.32. The molecule has 3 aromatic carbocycles. The molecule has 0 atom stereocenters. The number of halogens is 2. The first kappa shape index (κ1) is 25.0. The maximum atomic E-state index is 12.8. The number of imide groups is 1. The Morgan fingerprint density at radius 1 is 1.06 bits per heavy atom. The molecule has 0 N–H and O–H groups in total. The Labute approximate surface area is 220 Å². The second-order valence-corrected chi connectivity index (χ2v) is 9.80. The molecule has 4 rings (SSSR count). The summed E-state index contributed by atoms with van der Waals surface area (Å²) in [4.78, 5) is 39.0. The number of methoxy groups -OCH3 is 1. The molecule has 1 aliphatic heterocycles. The number of carbonyl (C=O) groups is 3. The predicted molar refractivity (Wildman–Crippen MR) is 140 cm³/mol. The van der Waals surface area contributed by atoms with Gasteiger partial charge in [0.1, 0.15) is 6.61 Å². The number of carbonyl (C=O) groups excluding carboxylic acids is 3. The molecule has 0 saturated carbocycles. The summed E-state index contributed by atoms with van der Waals surface area (Å²) in [6, 6.07) is 19.3. The van der Waals surface area contributed by atoms with E-state index in [9.17, 15) is 14.4 Å². The van der Waals surface area contributed by atoms with Gasteiger partial charge < -0.3 is 9.47 Å². The second-order valence-electron chi connectivity index (χ2n) is 7.49. The van der Waals surface area contributed by atoms with Crippen LogP contribution in [-0.4, -0.2) is 35.5 Å². The fraction of sp³-hybridized carbons (Fsp3) is 0.115. The van der Waals surface area contributed by atoms with E-state index in [0.717, 1.165) is 26.7 Å². The summed E-state index contributed by atoms with van der Waals surface area (Å²) in [7, 11) is 1.52. The average molecular weight is 573 g/mol. The van der Waals surface area contributed by atoms with Gasteiger partial charge in [-0.25, -0.2) is 0 Å². The van der Waals surface area contributed by atoms with Crippen molar-refractivity contribution in [1.82, 2.24) is 4.90 Å². The molecule has 1 aliphatic rings. The monoisotopic (exact) mass is 571 g/mol. The van der Waals surface area contributed by atoms with Gasteiger partial charge in [0.15, 0.2) is 17.3 Å². The van der Waals surface area contributed by atoms with Gasteiger partial charge in [-0.1, -0.05) is 63.9 Å². The van der Waals surface area contributed by atoms with E-state index >= 15 is 0 Å². The summed E-state index contributed by atoms with van der Waals surface area (Å²) in [5.41, 5.74) is 1.91. The molecule has 9 heteroatoms. The van der Waals surface area contributed by atoms with E-state index < -0.39 is 11.1 Å². The fourth-order valence-corrected chi connectivity index (χ4v) is 4.62. The molecule has 1 fully saturated rings. The van der Waals surface area contributed by atoms with Gasteiger partial charge in [0.25, 0.3) is 11.1 Å². The molecule has 0 aromatic heterocycles. The molecular weight excluding hydrogens is 554 g/mol. The number of thioether (sulfide) groups is 1. The summed E-state index contributed by atoms with van der Waals surface area (Å²) >= 11 is 10.3. The first-order valence-electron chi connectivity index (χ1n) is 10.4. The van der Waals surface area contributed by atoms with Crippen molar-refractivity contribution in [1.29, 1.82) is 0 Å². The maximum absolute atomic E-state index is 12.8. The molecule has 178 valence electrons. The molecule has 6 nitrogen and oxygen atoms in total. The van der Waals surface area contributed by atoms with Crippen molar-refractivity contribution in [2.24, 2.45) is 0 Å². The minimum absolute atomic E-state index is 0.227. The van der Waals surface area contributed by atoms with E-state index in [2.05, 4.69) is 15.9 Å². The number of ether oxygens (including phenoxy) is 2. The number of hydrogen-bond acceptors (Lipinski definition) is 6. The lowest BCUT2D eigenvalue weighted by Crippen LogP contribution is -2.33. The van der Waals surface area contributed by atoms with Crippen LogP contribution in [0, 0.1) is 0 Å². The Bertz CT molecular complexity index is 1330. The van der Waals surface area contributed by atoms with Crippen LogP contribution in [0.3, 0.4) is 0 Å². The largest absolute Gasteiger partial charge is 0.493 e. The highest BCUT2D eigenvalue weighted by molar-refractivity contribution is 9.10. The van der Waals surface area contributed by atoms with Crippen molar-refractivity contribution in [3.63, 3.8) is 0 Å². The van der Waals surface area contributed by atoms with E-state index in [1.807, 2.05) is 18.2 Å². The molecule has 0 spiro atoms. The van der Waals surface area contributed by atoms with Gasteiger partial charge in [0.2, 0.25) is 0 Å². The van der Waals surface area contributed by atoms with Gasteiger partial charge in [-0.3, -0.25) is 19.3 Å². The predicted octanol–water partition coefficient (Wildman–Crippen LogP) is 6.61. The molecule has 2 amide bonds. The zero-order valence-electron chi connectivity index (χ0n) is 18.5. The molecule has 3 aromatic rings. The van der Waals surface area contributed by atoms with E-state index in [1.54, 1.807) is 54.6 Å². The molecule has 1 heterocycles. The van der Waals surface area contributed by atoms with Gasteiger partial charge in [0.05, 0.1) is 18.6 Å². The van der Waals surface area contributed by atoms with Crippen LogP contribution in [0.1, 0.15) is 21.5 Å². The third-order valence-corrected chi connectivity index (χ3v) is 6.97. The lowest BCUT2D eigenvalue weighted by molar-refractivity contribution is -0.122. The molecule has 0 unspecified atom stereocenters. The summed E-state index contributed by atoms with van der Waals surface area (Å²) in [5.74, 6) is 0.152. The smallest absolute Gasteiger partial charge is 0.293 e. The SMILES string of the molecule is COc1cc(/C=C2/SC(=O)N(CC(=O)c3ccc(Br)cc3)C2=O)ccc1OCc1ccccc1Cl. The van der Waals surface area contributed by atoms with Crippen LogP contribution in [0.15, 0.2) is 76.1 Å². The molecular formula is C26H19BrClNO5S. The number of benzene rings is 3. The third-order valence-electron chi connectivity index (χ3n) is 5.17. The van der Waals surface area contributed by atoms with Gasteiger partial charge >= 0.3 is 0 Å². The minimum atomic E-state index is -0.511. The van der Waals surface area contributed by atoms with Crippen molar-refractivity contribution in [3.05, 3.63) is 97.8 Å². The van der Waals surface area contributed by atoms with Crippen LogP contribution in [0.25, 0.3) is 6.08 Å². The first-order valence-corrected chi connectivity index (χ1v) is 12.4. The maximum Gasteiger partial charge on any atom is 0.293 e. The van der Waals surface area contributed by atoms with Crippen molar-refractivity contribution in [2.45, 2.75) is 6.61 Å². The Kier molecular flexibility index (Phi) is 7.95. The normalized spacial score (nSPS) is 14.5. The second kappa shape index (κ2) is 11.1. The average Bonchev–Trinajstić information content (AvgIpc) is 3.11. The molecule has 0 bridgehead atoms. The Morgan fingerprint density at radius 3 is 2.51 bits per heavy atom. The summed E-state index contributed by atoms with van der Waals surface area (Å²) in [5, 5.41) is 0.121. The highest BCUT2D eigenvalue weighted by atomic mass is 79.9. The summed E-state index contributed by atoms with van der Waals surface area (Å²) in [6.45, 7) is -0.0531. The van der Waals surface area contributed by atoms with Crippen molar-refractivity contribution in [3.8, 4) is 11.5 Å². The standard InChI is InChI=1S/C26H19BrClNO5S/c1-33-23-12-16(6-11-22(23)34-15-18-4-2-3-5-20(18)28)13-24-25(31)29(26(32)35-24)14-21(30)17-7-9-19(27)10-8-17/h2-13H,14-15H2,1H3/b24-13+. The molecule has 35 heavy (non-hydrogen) atoms. The quantitative estimate of drug-likeness (QED) is 0.223. The number of Topliss-reactive ketones (excluding diaryl/α,β-unsaturated/α-hetero) is 1. The van der Waals surface area contributed by atoms with E-state index in [-0.39, 0.29) is 23.8 Å². The Balaban J connectivity index is 1.47. The van der Waals surface area contributed by atoms with Crippen molar-refractivity contribution >= 4 is 62.3 Å². The number of rotatable bonds is 8. The van der Waals surface area contributed by atoms with Crippen LogP contribution in [0.4, 0.5) is 4.79 Å². The molecule has 0 aliphatic carbocycles. The van der Waals surface area contributed by atoms with Gasteiger partial charge in [-0.15, -0.1) is 0 Å². The lowest BCUT2D eigenvalue weighted by Gasteiger charge is -2.12. The van der Waals surface area contributed by atoms with Gasteiger partial charge in [-0.05, 0) is 53.7 Å². The zero-order chi connectivity index (χ0) is 24.9. The van der Waals surface area contributed by atoms with Gasteiger partial charge in [-0.2, -0.15) is 0 Å². The lowest BCUT2D eigenvalue weighted by atomic mass is 10.1. The number of hydrogen-bond donors (Lipinski definition) is 0.